The number of carboxylic acid groups (broad SMARTS) is 1. The van der Waals surface area contributed by atoms with Crippen molar-refractivity contribution in [3.8, 4) is 0 Å². The average Bonchev–Trinajstić information content (AvgIpc) is 2.27. The van der Waals surface area contributed by atoms with Crippen molar-refractivity contribution in [2.45, 2.75) is 26.3 Å². The summed E-state index contributed by atoms with van der Waals surface area (Å²) < 4.78 is 0. The summed E-state index contributed by atoms with van der Waals surface area (Å²) in [7, 11) is 0. The van der Waals surface area contributed by atoms with E-state index in [1.165, 1.54) is 5.56 Å². The van der Waals surface area contributed by atoms with Crippen LogP contribution in [0.1, 0.15) is 19.4 Å². The lowest BCUT2D eigenvalue weighted by atomic mass is 10.0. The zero-order valence-electron chi connectivity index (χ0n) is 9.81. The molecule has 0 aromatic heterocycles. The second-order valence-electron chi connectivity index (χ2n) is 4.26. The van der Waals surface area contributed by atoms with Crippen molar-refractivity contribution in [2.24, 2.45) is 5.92 Å². The summed E-state index contributed by atoms with van der Waals surface area (Å²) in [5.74, 6) is -0.365. The van der Waals surface area contributed by atoms with Crippen LogP contribution < -0.4 is 5.32 Å². The van der Waals surface area contributed by atoms with Crippen LogP contribution in [0.15, 0.2) is 30.3 Å². The van der Waals surface area contributed by atoms with Gasteiger partial charge in [0.05, 0.1) is 0 Å². The smallest absolute Gasteiger partial charge is 0.320 e. The van der Waals surface area contributed by atoms with Crippen molar-refractivity contribution in [1.82, 2.24) is 5.32 Å². The maximum absolute atomic E-state index is 10.6. The molecule has 0 aliphatic rings. The molecule has 1 aromatic rings. The fraction of sp³-hybridized carbons (Fsp3) is 0.462. The fourth-order valence-electron chi connectivity index (χ4n) is 1.55. The highest BCUT2D eigenvalue weighted by atomic mass is 16.4. The molecule has 0 aliphatic heterocycles. The first-order valence-electron chi connectivity index (χ1n) is 5.59. The van der Waals surface area contributed by atoms with Gasteiger partial charge in [-0.3, -0.25) is 4.79 Å². The van der Waals surface area contributed by atoms with Crippen LogP contribution in [0.3, 0.4) is 0 Å². The third kappa shape index (κ3) is 4.45. The van der Waals surface area contributed by atoms with Gasteiger partial charge in [0, 0.05) is 0 Å². The number of hydrogen-bond acceptors (Lipinski definition) is 2. The number of rotatable bonds is 6. The van der Waals surface area contributed by atoms with Crippen molar-refractivity contribution in [2.75, 3.05) is 6.54 Å². The van der Waals surface area contributed by atoms with E-state index >= 15 is 0 Å². The maximum Gasteiger partial charge on any atom is 0.320 e. The molecular formula is C13H19NO2. The van der Waals surface area contributed by atoms with Gasteiger partial charge >= 0.3 is 5.97 Å². The Hall–Kier alpha value is -1.35. The molecule has 0 saturated carbocycles. The van der Waals surface area contributed by atoms with E-state index < -0.39 is 12.0 Å². The molecule has 1 unspecified atom stereocenters. The van der Waals surface area contributed by atoms with Crippen molar-refractivity contribution in [3.63, 3.8) is 0 Å². The normalized spacial score (nSPS) is 14.4. The third-order valence-corrected chi connectivity index (χ3v) is 2.57. The summed E-state index contributed by atoms with van der Waals surface area (Å²) >= 11 is 0. The van der Waals surface area contributed by atoms with Crippen LogP contribution in [-0.4, -0.2) is 23.7 Å². The summed E-state index contributed by atoms with van der Waals surface area (Å²) in [5.41, 5.74) is 1.29. The van der Waals surface area contributed by atoms with Gasteiger partial charge < -0.3 is 10.4 Å². The Morgan fingerprint density at radius 2 is 1.94 bits per heavy atom. The van der Waals surface area contributed by atoms with E-state index in [-0.39, 0.29) is 0 Å². The van der Waals surface area contributed by atoms with Gasteiger partial charge in [-0.15, -0.1) is 0 Å². The van der Waals surface area contributed by atoms with E-state index in [2.05, 4.69) is 24.4 Å². The molecule has 0 heterocycles. The largest absolute Gasteiger partial charge is 0.480 e. The SMILES string of the molecule is CC(CN[C@H](C)C(=O)O)Cc1ccccc1. The van der Waals surface area contributed by atoms with Crippen LogP contribution >= 0.6 is 0 Å². The average molecular weight is 221 g/mol. The summed E-state index contributed by atoms with van der Waals surface area (Å²) in [4.78, 5) is 10.6. The lowest BCUT2D eigenvalue weighted by molar-refractivity contribution is -0.139. The first-order valence-corrected chi connectivity index (χ1v) is 5.59. The van der Waals surface area contributed by atoms with E-state index in [1.807, 2.05) is 18.2 Å². The van der Waals surface area contributed by atoms with E-state index in [4.69, 9.17) is 5.11 Å². The van der Waals surface area contributed by atoms with Gasteiger partial charge in [-0.05, 0) is 31.4 Å². The zero-order valence-corrected chi connectivity index (χ0v) is 9.81. The molecule has 0 saturated heterocycles. The summed E-state index contributed by atoms with van der Waals surface area (Å²) in [6.45, 7) is 4.51. The minimum absolute atomic E-state index is 0.434. The highest BCUT2D eigenvalue weighted by Crippen LogP contribution is 2.07. The van der Waals surface area contributed by atoms with E-state index in [0.29, 0.717) is 5.92 Å². The van der Waals surface area contributed by atoms with E-state index in [0.717, 1.165) is 13.0 Å². The Balaban J connectivity index is 2.31. The predicted molar refractivity (Wildman–Crippen MR) is 64.4 cm³/mol. The number of aliphatic carboxylic acids is 1. The molecular weight excluding hydrogens is 202 g/mol. The molecule has 16 heavy (non-hydrogen) atoms. The Morgan fingerprint density at radius 1 is 1.31 bits per heavy atom. The molecule has 0 amide bonds. The molecule has 0 aliphatic carbocycles. The molecule has 3 heteroatoms. The number of carbonyl (C=O) groups is 1. The Morgan fingerprint density at radius 3 is 2.50 bits per heavy atom. The maximum atomic E-state index is 10.6. The molecule has 0 radical (unpaired) electrons. The van der Waals surface area contributed by atoms with Gasteiger partial charge in [0.25, 0.3) is 0 Å². The van der Waals surface area contributed by atoms with Crippen molar-refractivity contribution >= 4 is 5.97 Å². The lowest BCUT2D eigenvalue weighted by Crippen LogP contribution is -2.36. The molecule has 1 rings (SSSR count). The highest BCUT2D eigenvalue weighted by molar-refractivity contribution is 5.72. The number of nitrogens with one attached hydrogen (secondary N) is 1. The zero-order chi connectivity index (χ0) is 12.0. The minimum Gasteiger partial charge on any atom is -0.480 e. The number of carboxylic acids is 1. The number of hydrogen-bond donors (Lipinski definition) is 2. The topological polar surface area (TPSA) is 49.3 Å². The molecule has 0 spiro atoms. The molecule has 2 N–H and O–H groups in total. The third-order valence-electron chi connectivity index (χ3n) is 2.57. The summed E-state index contributed by atoms with van der Waals surface area (Å²) in [6.07, 6.45) is 0.972. The first kappa shape index (κ1) is 12.7. The van der Waals surface area contributed by atoms with Crippen LogP contribution in [0, 0.1) is 5.92 Å². The minimum atomic E-state index is -0.799. The molecule has 0 fully saturated rings. The van der Waals surface area contributed by atoms with E-state index in [9.17, 15) is 4.79 Å². The van der Waals surface area contributed by atoms with Gasteiger partial charge in [0.15, 0.2) is 0 Å². The van der Waals surface area contributed by atoms with Gasteiger partial charge in [-0.2, -0.15) is 0 Å². The summed E-state index contributed by atoms with van der Waals surface area (Å²) in [6, 6.07) is 9.76. The van der Waals surface area contributed by atoms with Gasteiger partial charge in [-0.1, -0.05) is 37.3 Å². The predicted octanol–water partition coefficient (Wildman–Crippen LogP) is 1.93. The van der Waals surface area contributed by atoms with Gasteiger partial charge in [-0.25, -0.2) is 0 Å². The van der Waals surface area contributed by atoms with Crippen molar-refractivity contribution < 1.29 is 9.90 Å². The molecule has 2 atom stereocenters. The second-order valence-corrected chi connectivity index (χ2v) is 4.26. The molecule has 3 nitrogen and oxygen atoms in total. The van der Waals surface area contributed by atoms with Gasteiger partial charge in [0.1, 0.15) is 6.04 Å². The fourth-order valence-corrected chi connectivity index (χ4v) is 1.55. The Bertz CT molecular complexity index is 324. The standard InChI is InChI=1S/C13H19NO2/c1-10(9-14-11(2)13(15)16)8-12-6-4-3-5-7-12/h3-7,10-11,14H,8-9H2,1-2H3,(H,15,16)/t10?,11-/m1/s1. The van der Waals surface area contributed by atoms with Crippen LogP contribution in [0.5, 0.6) is 0 Å². The first-order chi connectivity index (χ1) is 7.59. The van der Waals surface area contributed by atoms with Crippen LogP contribution in [0.2, 0.25) is 0 Å². The highest BCUT2D eigenvalue weighted by Gasteiger charge is 2.11. The molecule has 0 bridgehead atoms. The Kier molecular flexibility index (Phi) is 4.99. The van der Waals surface area contributed by atoms with Crippen molar-refractivity contribution in [1.29, 1.82) is 0 Å². The number of benzene rings is 1. The second kappa shape index (κ2) is 6.28. The Labute approximate surface area is 96.5 Å². The molecule has 88 valence electrons. The lowest BCUT2D eigenvalue weighted by Gasteiger charge is -2.15. The van der Waals surface area contributed by atoms with Gasteiger partial charge in [0.2, 0.25) is 0 Å². The molecule has 1 aromatic carbocycles. The van der Waals surface area contributed by atoms with Crippen molar-refractivity contribution in [3.05, 3.63) is 35.9 Å². The van der Waals surface area contributed by atoms with Crippen LogP contribution in [-0.2, 0) is 11.2 Å². The monoisotopic (exact) mass is 221 g/mol. The van der Waals surface area contributed by atoms with E-state index in [1.54, 1.807) is 6.92 Å². The van der Waals surface area contributed by atoms with Crippen LogP contribution in [0.4, 0.5) is 0 Å². The summed E-state index contributed by atoms with van der Waals surface area (Å²) in [5, 5.41) is 11.7. The quantitative estimate of drug-likeness (QED) is 0.771. The van der Waals surface area contributed by atoms with Crippen LogP contribution in [0.25, 0.3) is 0 Å².